The maximum absolute atomic E-state index is 14.7. The number of ketones is 1. The summed E-state index contributed by atoms with van der Waals surface area (Å²) in [4.78, 5) is 46.7. The van der Waals surface area contributed by atoms with E-state index in [1.54, 1.807) is 32.9 Å². The number of rotatable bonds is 2. The minimum atomic E-state index is -2.86. The molecule has 0 saturated heterocycles. The number of halogens is 1. The molecule has 3 heterocycles. The van der Waals surface area contributed by atoms with Crippen LogP contribution >= 0.6 is 0 Å². The van der Waals surface area contributed by atoms with Gasteiger partial charge in [-0.05, 0) is 0 Å². The van der Waals surface area contributed by atoms with Gasteiger partial charge in [0.25, 0.3) is 0 Å². The molecule has 0 N–H and O–H groups in total. The number of nitrogens with zero attached hydrogens (tertiary/aromatic N) is 1. The minimum absolute atomic E-state index is 0.00827. The van der Waals surface area contributed by atoms with Crippen molar-refractivity contribution in [1.82, 2.24) is 4.90 Å². The molecule has 1 aromatic rings. The van der Waals surface area contributed by atoms with Crippen molar-refractivity contribution < 1.29 is 33.0 Å². The SMILES string of the molecule is CC(C)(C)OC(=O)N1C2=C(C(=O)COC2)C(c2ccc(F)[c]([Sn]([CH3])([CH3])[CH3])c2)C2=C1COC2=O. The third-order valence-electron chi connectivity index (χ3n) is 5.78. The number of hydrogen-bond acceptors (Lipinski definition) is 6. The Labute approximate surface area is 196 Å². The van der Waals surface area contributed by atoms with E-state index in [1.807, 2.05) is 0 Å². The molecule has 1 atom stereocenters. The van der Waals surface area contributed by atoms with E-state index in [0.29, 0.717) is 26.1 Å². The van der Waals surface area contributed by atoms with E-state index < -0.39 is 42.0 Å². The first-order valence-corrected chi connectivity index (χ1v) is 20.9. The fourth-order valence-electron chi connectivity index (χ4n) is 4.41. The average molecular weight is 564 g/mol. The van der Waals surface area contributed by atoms with E-state index in [0.717, 1.165) is 0 Å². The zero-order valence-electron chi connectivity index (χ0n) is 19.7. The molecule has 0 bridgehead atoms. The van der Waals surface area contributed by atoms with Crippen molar-refractivity contribution in [1.29, 1.82) is 0 Å². The van der Waals surface area contributed by atoms with Crippen molar-refractivity contribution in [3.63, 3.8) is 0 Å². The number of benzene rings is 1. The van der Waals surface area contributed by atoms with Gasteiger partial charge in [0.1, 0.15) is 0 Å². The summed E-state index contributed by atoms with van der Waals surface area (Å²) in [5.74, 6) is -1.96. The second-order valence-corrected chi connectivity index (χ2v) is 24.8. The van der Waals surface area contributed by atoms with E-state index in [4.69, 9.17) is 14.2 Å². The van der Waals surface area contributed by atoms with E-state index in [-0.39, 0.29) is 37.0 Å². The average Bonchev–Trinajstić information content (AvgIpc) is 3.06. The molecular weight excluding hydrogens is 536 g/mol. The summed E-state index contributed by atoms with van der Waals surface area (Å²) < 4.78 is 31.7. The van der Waals surface area contributed by atoms with Gasteiger partial charge in [0.15, 0.2) is 0 Å². The van der Waals surface area contributed by atoms with Crippen LogP contribution in [0.3, 0.4) is 0 Å². The molecule has 0 spiro atoms. The van der Waals surface area contributed by atoms with Crippen molar-refractivity contribution in [2.45, 2.75) is 47.1 Å². The van der Waals surface area contributed by atoms with Gasteiger partial charge in [-0.1, -0.05) is 0 Å². The Morgan fingerprint density at radius 2 is 1.76 bits per heavy atom. The maximum atomic E-state index is 14.7. The van der Waals surface area contributed by atoms with Crippen LogP contribution in [0.25, 0.3) is 0 Å². The first-order chi connectivity index (χ1) is 15.3. The van der Waals surface area contributed by atoms with Crippen molar-refractivity contribution in [2.24, 2.45) is 0 Å². The number of carbonyl (C=O) groups excluding carboxylic acids is 3. The van der Waals surface area contributed by atoms with Crippen molar-refractivity contribution in [3.05, 3.63) is 52.1 Å². The van der Waals surface area contributed by atoms with E-state index in [2.05, 4.69) is 14.8 Å². The summed E-state index contributed by atoms with van der Waals surface area (Å²) >= 11 is -2.86. The number of carbonyl (C=O) groups is 3. The molecule has 0 radical (unpaired) electrons. The molecule has 1 aromatic carbocycles. The number of hydrogen-bond donors (Lipinski definition) is 0. The van der Waals surface area contributed by atoms with Gasteiger partial charge < -0.3 is 0 Å². The third kappa shape index (κ3) is 4.35. The molecule has 7 nitrogen and oxygen atoms in total. The number of esters is 1. The molecular formula is C24H28FNO6Sn. The molecule has 33 heavy (non-hydrogen) atoms. The Morgan fingerprint density at radius 3 is 2.39 bits per heavy atom. The number of cyclic esters (lactones) is 1. The van der Waals surface area contributed by atoms with Crippen LogP contribution in [0.1, 0.15) is 32.3 Å². The standard InChI is InChI=1S/C21H19FNO6.3CH3.Sn/c1-21(2,3)29-20(26)23-13-8-27-10-15(24)17(13)16(11-4-6-12(22)7-5-11)18-14(23)9-28-19(18)25;;;;/h4-6,16H,8-10H2,1-3H3;3*1H3;. The summed E-state index contributed by atoms with van der Waals surface area (Å²) in [7, 11) is 0. The summed E-state index contributed by atoms with van der Waals surface area (Å²) in [5.41, 5.74) is 1.04. The molecule has 9 heteroatoms. The van der Waals surface area contributed by atoms with Crippen LogP contribution in [0.2, 0.25) is 14.8 Å². The second kappa shape index (κ2) is 8.23. The Hall–Kier alpha value is -2.20. The zero-order valence-corrected chi connectivity index (χ0v) is 22.6. The molecule has 0 aliphatic carbocycles. The fraction of sp³-hybridized carbons (Fsp3) is 0.458. The molecule has 1 amide bonds. The molecule has 0 aromatic heterocycles. The van der Waals surface area contributed by atoms with Gasteiger partial charge in [-0.25, -0.2) is 0 Å². The molecule has 3 aliphatic rings. The van der Waals surface area contributed by atoms with Crippen molar-refractivity contribution in [2.75, 3.05) is 19.8 Å². The molecule has 1 unspecified atom stereocenters. The molecule has 3 aliphatic heterocycles. The summed E-state index contributed by atoms with van der Waals surface area (Å²) in [6.45, 7) is 4.93. The summed E-state index contributed by atoms with van der Waals surface area (Å²) in [6.07, 6.45) is -0.705. The van der Waals surface area contributed by atoms with Crippen LogP contribution in [-0.2, 0) is 23.8 Å². The number of amides is 1. The van der Waals surface area contributed by atoms with Gasteiger partial charge in [-0.2, -0.15) is 0 Å². The second-order valence-electron chi connectivity index (χ2n) is 10.5. The monoisotopic (exact) mass is 565 g/mol. The van der Waals surface area contributed by atoms with E-state index >= 15 is 0 Å². The van der Waals surface area contributed by atoms with Gasteiger partial charge in [0.05, 0.1) is 0 Å². The van der Waals surface area contributed by atoms with Crippen molar-refractivity contribution in [3.8, 4) is 0 Å². The Kier molecular flexibility index (Phi) is 5.97. The van der Waals surface area contributed by atoms with Gasteiger partial charge in [-0.15, -0.1) is 0 Å². The Bertz CT molecular complexity index is 1120. The van der Waals surface area contributed by atoms with E-state index in [1.165, 1.54) is 11.0 Å². The van der Waals surface area contributed by atoms with Crippen LogP contribution in [0, 0.1) is 5.82 Å². The predicted molar refractivity (Wildman–Crippen MR) is 121 cm³/mol. The normalized spacial score (nSPS) is 21.2. The summed E-state index contributed by atoms with van der Waals surface area (Å²) in [5, 5.41) is 0. The number of Topliss-reactive ketones (excluding diaryl/α,β-unsaturated/α-hetero) is 1. The Morgan fingerprint density at radius 1 is 1.09 bits per heavy atom. The summed E-state index contributed by atoms with van der Waals surface area (Å²) in [6, 6.07) is 4.79. The van der Waals surface area contributed by atoms with Gasteiger partial charge in [-0.3, -0.25) is 0 Å². The van der Waals surface area contributed by atoms with Crippen LogP contribution in [-0.4, -0.2) is 66.5 Å². The molecule has 176 valence electrons. The van der Waals surface area contributed by atoms with Crippen LogP contribution in [0.5, 0.6) is 0 Å². The predicted octanol–water partition coefficient (Wildman–Crippen LogP) is 3.37. The quantitative estimate of drug-likeness (QED) is 0.405. The van der Waals surface area contributed by atoms with Crippen LogP contribution in [0.15, 0.2) is 40.7 Å². The van der Waals surface area contributed by atoms with Gasteiger partial charge >= 0.3 is 197 Å². The Balaban J connectivity index is 1.94. The molecule has 0 saturated carbocycles. The van der Waals surface area contributed by atoms with Crippen molar-refractivity contribution >= 4 is 39.8 Å². The zero-order chi connectivity index (χ0) is 24.3. The first kappa shape index (κ1) is 23.9. The van der Waals surface area contributed by atoms with E-state index in [9.17, 15) is 18.8 Å². The molecule has 0 fully saturated rings. The van der Waals surface area contributed by atoms with Gasteiger partial charge in [0, 0.05) is 0 Å². The topological polar surface area (TPSA) is 82.1 Å². The molecule has 4 rings (SSSR count). The van der Waals surface area contributed by atoms with Crippen LogP contribution in [0.4, 0.5) is 9.18 Å². The number of ether oxygens (including phenoxy) is 3. The van der Waals surface area contributed by atoms with Crippen LogP contribution < -0.4 is 3.58 Å². The fourth-order valence-corrected chi connectivity index (χ4v) is 8.41. The van der Waals surface area contributed by atoms with Gasteiger partial charge in [0.2, 0.25) is 0 Å². The first-order valence-electron chi connectivity index (χ1n) is 10.9. The third-order valence-corrected chi connectivity index (χ3v) is 11.5.